The zero-order valence-corrected chi connectivity index (χ0v) is 15.7. The largest absolute Gasteiger partial charge is 0.370 e. The van der Waals surface area contributed by atoms with Gasteiger partial charge in [-0.05, 0) is 30.4 Å². The van der Waals surface area contributed by atoms with Crippen LogP contribution in [0.1, 0.15) is 6.92 Å². The molecule has 3 heterocycles. The summed E-state index contributed by atoms with van der Waals surface area (Å²) in [5, 5.41) is 6.63. The molecule has 0 radical (unpaired) electrons. The van der Waals surface area contributed by atoms with Crippen LogP contribution in [0.25, 0.3) is 11.1 Å². The van der Waals surface area contributed by atoms with E-state index in [4.69, 9.17) is 0 Å². The summed E-state index contributed by atoms with van der Waals surface area (Å²) in [6, 6.07) is 8.00. The second kappa shape index (κ2) is 9.15. The normalized spacial score (nSPS) is 11.8. The molecule has 0 saturated carbocycles. The fourth-order valence-corrected chi connectivity index (χ4v) is 2.65. The molecule has 0 amide bonds. The summed E-state index contributed by atoms with van der Waals surface area (Å²) in [5.74, 6) is 1.93. The van der Waals surface area contributed by atoms with Gasteiger partial charge in [-0.15, -0.1) is 11.8 Å². The van der Waals surface area contributed by atoms with Crippen molar-refractivity contribution in [3.63, 3.8) is 0 Å². The third kappa shape index (κ3) is 5.16. The van der Waals surface area contributed by atoms with Gasteiger partial charge in [0.25, 0.3) is 0 Å². The molecule has 3 rings (SSSR count). The van der Waals surface area contributed by atoms with Crippen molar-refractivity contribution in [3.05, 3.63) is 55.2 Å². The first-order valence-electron chi connectivity index (χ1n) is 8.45. The lowest BCUT2D eigenvalue weighted by Crippen LogP contribution is -2.20. The summed E-state index contributed by atoms with van der Waals surface area (Å²) < 4.78 is 0. The number of hydrogen-bond donors (Lipinski definition) is 2. The highest BCUT2D eigenvalue weighted by molar-refractivity contribution is 7.98. The zero-order chi connectivity index (χ0) is 18.2. The minimum atomic E-state index is 0.402. The van der Waals surface area contributed by atoms with Crippen LogP contribution in [0.4, 0.5) is 11.8 Å². The van der Waals surface area contributed by atoms with Gasteiger partial charge in [0.15, 0.2) is 0 Å². The fraction of sp³-hybridized carbons (Fsp3) is 0.263. The quantitative estimate of drug-likeness (QED) is 0.587. The number of thioether (sulfide) groups is 1. The lowest BCUT2D eigenvalue weighted by Gasteiger charge is -2.14. The van der Waals surface area contributed by atoms with Crippen LogP contribution in [0.3, 0.4) is 0 Å². The Morgan fingerprint density at radius 2 is 1.69 bits per heavy atom. The minimum absolute atomic E-state index is 0.402. The average molecular weight is 366 g/mol. The van der Waals surface area contributed by atoms with Crippen molar-refractivity contribution < 1.29 is 0 Å². The van der Waals surface area contributed by atoms with Crippen LogP contribution in [0, 0.1) is 5.92 Å². The van der Waals surface area contributed by atoms with Crippen molar-refractivity contribution in [2.75, 3.05) is 30.0 Å². The van der Waals surface area contributed by atoms with Crippen molar-refractivity contribution in [2.24, 2.45) is 5.92 Å². The Hall–Kier alpha value is -2.67. The maximum atomic E-state index is 4.48. The second-order valence-electron chi connectivity index (χ2n) is 5.99. The van der Waals surface area contributed by atoms with Gasteiger partial charge in [-0.3, -0.25) is 4.98 Å². The Morgan fingerprint density at radius 3 is 2.35 bits per heavy atom. The van der Waals surface area contributed by atoms with E-state index in [1.807, 2.05) is 49.2 Å². The van der Waals surface area contributed by atoms with Crippen LogP contribution in [-0.4, -0.2) is 39.3 Å². The molecule has 0 spiro atoms. The molecule has 0 saturated heterocycles. The molecule has 0 aliphatic rings. The fourth-order valence-electron chi connectivity index (χ4n) is 2.33. The van der Waals surface area contributed by atoms with E-state index in [9.17, 15) is 0 Å². The summed E-state index contributed by atoms with van der Waals surface area (Å²) in [6.07, 6.45) is 11.1. The van der Waals surface area contributed by atoms with Gasteiger partial charge in [0.05, 0.1) is 0 Å². The number of pyridine rings is 2. The van der Waals surface area contributed by atoms with Gasteiger partial charge in [-0.25, -0.2) is 15.0 Å². The third-order valence-corrected chi connectivity index (χ3v) is 4.54. The topological polar surface area (TPSA) is 75.6 Å². The van der Waals surface area contributed by atoms with E-state index >= 15 is 0 Å². The van der Waals surface area contributed by atoms with Crippen molar-refractivity contribution >= 4 is 23.5 Å². The van der Waals surface area contributed by atoms with Crippen LogP contribution in [0.5, 0.6) is 0 Å². The standard InChI is InChI=1S/C19H22N6S/c1-14(9-23-19-24-12-17(26-2)13-25-19)8-21-18-6-5-16(11-22-18)15-4-3-7-20-10-15/h3-7,10-14H,8-9H2,1-2H3,(H,21,22)(H,23,24,25). The maximum absolute atomic E-state index is 4.48. The molecular formula is C19H22N6S. The zero-order valence-electron chi connectivity index (χ0n) is 14.9. The van der Waals surface area contributed by atoms with E-state index in [-0.39, 0.29) is 0 Å². The number of nitrogens with one attached hydrogen (secondary N) is 2. The van der Waals surface area contributed by atoms with Crippen LogP contribution in [0.2, 0.25) is 0 Å². The van der Waals surface area contributed by atoms with Gasteiger partial charge in [-0.1, -0.05) is 13.0 Å². The van der Waals surface area contributed by atoms with E-state index in [1.54, 1.807) is 18.0 Å². The Bertz CT molecular complexity index is 793. The molecule has 0 aliphatic carbocycles. The first kappa shape index (κ1) is 18.1. The Morgan fingerprint density at radius 1 is 0.923 bits per heavy atom. The van der Waals surface area contributed by atoms with Crippen LogP contribution in [0.15, 0.2) is 60.1 Å². The van der Waals surface area contributed by atoms with E-state index in [0.717, 1.165) is 34.9 Å². The lowest BCUT2D eigenvalue weighted by molar-refractivity contribution is 0.644. The summed E-state index contributed by atoms with van der Waals surface area (Å²) >= 11 is 1.63. The first-order valence-corrected chi connectivity index (χ1v) is 9.67. The molecule has 2 N–H and O–H groups in total. The van der Waals surface area contributed by atoms with E-state index < -0.39 is 0 Å². The van der Waals surface area contributed by atoms with E-state index in [0.29, 0.717) is 11.9 Å². The highest BCUT2D eigenvalue weighted by Crippen LogP contribution is 2.18. The van der Waals surface area contributed by atoms with Gasteiger partial charge in [-0.2, -0.15) is 0 Å². The molecule has 3 aromatic rings. The lowest BCUT2D eigenvalue weighted by atomic mass is 10.1. The molecule has 7 heteroatoms. The monoisotopic (exact) mass is 366 g/mol. The van der Waals surface area contributed by atoms with Gasteiger partial charge in [0.1, 0.15) is 5.82 Å². The third-order valence-electron chi connectivity index (χ3n) is 3.86. The summed E-state index contributed by atoms with van der Waals surface area (Å²) in [7, 11) is 0. The number of aromatic nitrogens is 4. The molecule has 0 bridgehead atoms. The van der Waals surface area contributed by atoms with Gasteiger partial charge in [0.2, 0.25) is 5.95 Å². The van der Waals surface area contributed by atoms with Crippen LogP contribution in [-0.2, 0) is 0 Å². The predicted molar refractivity (Wildman–Crippen MR) is 107 cm³/mol. The molecule has 3 aromatic heterocycles. The summed E-state index contributed by atoms with van der Waals surface area (Å²) in [5.41, 5.74) is 2.13. The molecule has 0 fully saturated rings. The molecule has 26 heavy (non-hydrogen) atoms. The summed E-state index contributed by atoms with van der Waals surface area (Å²) in [4.78, 5) is 18.3. The van der Waals surface area contributed by atoms with E-state index in [2.05, 4.69) is 43.6 Å². The SMILES string of the molecule is CSc1cnc(NCC(C)CNc2ccc(-c3cccnc3)cn2)nc1. The molecular weight excluding hydrogens is 344 g/mol. The minimum Gasteiger partial charge on any atom is -0.370 e. The van der Waals surface area contributed by atoms with Crippen molar-refractivity contribution in [1.29, 1.82) is 0 Å². The smallest absolute Gasteiger partial charge is 0.222 e. The second-order valence-corrected chi connectivity index (χ2v) is 6.87. The van der Waals surface area contributed by atoms with Crippen molar-refractivity contribution in [1.82, 2.24) is 19.9 Å². The molecule has 1 unspecified atom stereocenters. The molecule has 134 valence electrons. The number of hydrogen-bond acceptors (Lipinski definition) is 7. The number of rotatable bonds is 8. The Labute approximate surface area is 157 Å². The van der Waals surface area contributed by atoms with Gasteiger partial charge < -0.3 is 10.6 Å². The van der Waals surface area contributed by atoms with Gasteiger partial charge in [0, 0.05) is 60.1 Å². The molecule has 0 aliphatic heterocycles. The number of anilines is 2. The Balaban J connectivity index is 1.45. The van der Waals surface area contributed by atoms with Crippen LogP contribution < -0.4 is 10.6 Å². The molecule has 6 nitrogen and oxygen atoms in total. The van der Waals surface area contributed by atoms with Crippen LogP contribution >= 0.6 is 11.8 Å². The number of nitrogens with zero attached hydrogens (tertiary/aromatic N) is 4. The summed E-state index contributed by atoms with van der Waals surface area (Å²) in [6.45, 7) is 3.77. The Kier molecular flexibility index (Phi) is 6.38. The molecule has 0 aromatic carbocycles. The maximum Gasteiger partial charge on any atom is 0.222 e. The van der Waals surface area contributed by atoms with Crippen molar-refractivity contribution in [3.8, 4) is 11.1 Å². The highest BCUT2D eigenvalue weighted by atomic mass is 32.2. The van der Waals surface area contributed by atoms with Crippen molar-refractivity contribution in [2.45, 2.75) is 11.8 Å². The van der Waals surface area contributed by atoms with E-state index in [1.165, 1.54) is 0 Å². The highest BCUT2D eigenvalue weighted by Gasteiger charge is 2.05. The average Bonchev–Trinajstić information content (AvgIpc) is 2.72. The molecule has 1 atom stereocenters. The van der Waals surface area contributed by atoms with Gasteiger partial charge >= 0.3 is 0 Å². The first-order chi connectivity index (χ1) is 12.7. The predicted octanol–water partition coefficient (Wildman–Crippen LogP) is 3.82.